The second kappa shape index (κ2) is 5.94. The van der Waals surface area contributed by atoms with Gasteiger partial charge in [0.1, 0.15) is 0 Å². The molecule has 0 amide bonds. The molecular formula is C15H21N3. The zero-order valence-electron chi connectivity index (χ0n) is 11.1. The lowest BCUT2D eigenvalue weighted by Crippen LogP contribution is -2.35. The van der Waals surface area contributed by atoms with Gasteiger partial charge in [0.05, 0.1) is 5.69 Å². The van der Waals surface area contributed by atoms with Crippen molar-refractivity contribution in [1.82, 2.24) is 9.88 Å². The third-order valence-electron chi connectivity index (χ3n) is 3.26. The third kappa shape index (κ3) is 2.86. The Bertz CT molecular complexity index is 503. The van der Waals surface area contributed by atoms with Gasteiger partial charge in [-0.05, 0) is 25.3 Å². The molecule has 1 heterocycles. The average molecular weight is 243 g/mol. The molecule has 3 nitrogen and oxygen atoms in total. The van der Waals surface area contributed by atoms with Gasteiger partial charge in [-0.2, -0.15) is 0 Å². The fourth-order valence-electron chi connectivity index (χ4n) is 2.19. The highest BCUT2D eigenvalue weighted by molar-refractivity contribution is 5.84. The van der Waals surface area contributed by atoms with Crippen LogP contribution in [0.25, 0.3) is 10.8 Å². The van der Waals surface area contributed by atoms with Crippen LogP contribution >= 0.6 is 0 Å². The molecule has 0 unspecified atom stereocenters. The summed E-state index contributed by atoms with van der Waals surface area (Å²) in [4.78, 5) is 6.88. The van der Waals surface area contributed by atoms with Gasteiger partial charge in [0, 0.05) is 37.3 Å². The summed E-state index contributed by atoms with van der Waals surface area (Å²) in [6.07, 6.45) is 1.89. The number of aromatic nitrogens is 1. The maximum absolute atomic E-state index is 5.67. The molecule has 2 aromatic rings. The van der Waals surface area contributed by atoms with E-state index in [4.69, 9.17) is 5.73 Å². The molecule has 18 heavy (non-hydrogen) atoms. The first kappa shape index (κ1) is 13.0. The van der Waals surface area contributed by atoms with Crippen molar-refractivity contribution in [2.75, 3.05) is 13.1 Å². The van der Waals surface area contributed by atoms with E-state index in [1.54, 1.807) is 0 Å². The highest BCUT2D eigenvalue weighted by Gasteiger charge is 2.11. The van der Waals surface area contributed by atoms with Crippen molar-refractivity contribution in [3.8, 4) is 0 Å². The Labute approximate surface area is 109 Å². The lowest BCUT2D eigenvalue weighted by molar-refractivity contribution is 0.217. The Morgan fingerprint density at radius 1 is 1.22 bits per heavy atom. The zero-order chi connectivity index (χ0) is 13.0. The molecule has 1 aromatic heterocycles. The summed E-state index contributed by atoms with van der Waals surface area (Å²) < 4.78 is 0. The first-order chi connectivity index (χ1) is 8.72. The molecule has 0 radical (unpaired) electrons. The summed E-state index contributed by atoms with van der Waals surface area (Å²) in [6, 6.07) is 10.9. The van der Waals surface area contributed by atoms with Crippen molar-refractivity contribution >= 4 is 10.8 Å². The summed E-state index contributed by atoms with van der Waals surface area (Å²) in [5, 5.41) is 2.49. The summed E-state index contributed by atoms with van der Waals surface area (Å²) in [7, 11) is 0. The van der Waals surface area contributed by atoms with Crippen molar-refractivity contribution < 1.29 is 0 Å². The maximum Gasteiger partial charge on any atom is 0.0622 e. The van der Waals surface area contributed by atoms with Gasteiger partial charge in [-0.15, -0.1) is 0 Å². The lowest BCUT2D eigenvalue weighted by atomic mass is 10.1. The van der Waals surface area contributed by atoms with Gasteiger partial charge in [-0.1, -0.05) is 24.3 Å². The number of rotatable bonds is 5. The van der Waals surface area contributed by atoms with Crippen LogP contribution in [-0.2, 0) is 6.54 Å². The van der Waals surface area contributed by atoms with E-state index in [1.165, 1.54) is 10.8 Å². The van der Waals surface area contributed by atoms with E-state index in [0.29, 0.717) is 12.6 Å². The molecule has 0 aliphatic rings. The first-order valence-corrected chi connectivity index (χ1v) is 6.49. The largest absolute Gasteiger partial charge is 0.329 e. The second-order valence-electron chi connectivity index (χ2n) is 4.83. The molecule has 2 rings (SSSR count). The predicted molar refractivity (Wildman–Crippen MR) is 76.3 cm³/mol. The molecule has 0 aliphatic heterocycles. The Morgan fingerprint density at radius 3 is 2.72 bits per heavy atom. The fraction of sp³-hybridized carbons (Fsp3) is 0.400. The van der Waals surface area contributed by atoms with E-state index in [1.807, 2.05) is 6.20 Å². The molecule has 0 spiro atoms. The summed E-state index contributed by atoms with van der Waals surface area (Å²) in [5.74, 6) is 0. The maximum atomic E-state index is 5.67. The van der Waals surface area contributed by atoms with Gasteiger partial charge in [0.2, 0.25) is 0 Å². The highest BCUT2D eigenvalue weighted by Crippen LogP contribution is 2.18. The van der Waals surface area contributed by atoms with Crippen LogP contribution in [0.1, 0.15) is 19.5 Å². The molecule has 0 saturated carbocycles. The number of benzene rings is 1. The summed E-state index contributed by atoms with van der Waals surface area (Å²) in [6.45, 7) is 6.84. The molecule has 96 valence electrons. The first-order valence-electron chi connectivity index (χ1n) is 6.49. The third-order valence-corrected chi connectivity index (χ3v) is 3.26. The van der Waals surface area contributed by atoms with E-state index in [2.05, 4.69) is 54.1 Å². The Hall–Kier alpha value is -1.45. The lowest BCUT2D eigenvalue weighted by Gasteiger charge is -2.25. The van der Waals surface area contributed by atoms with Crippen molar-refractivity contribution in [2.24, 2.45) is 5.73 Å². The minimum absolute atomic E-state index is 0.481. The SMILES string of the molecule is CC(C)N(CCN)Cc1nccc2ccccc12. The number of nitrogens with zero attached hydrogens (tertiary/aromatic N) is 2. The monoisotopic (exact) mass is 243 g/mol. The van der Waals surface area contributed by atoms with Crippen molar-refractivity contribution in [1.29, 1.82) is 0 Å². The number of hydrogen-bond donors (Lipinski definition) is 1. The van der Waals surface area contributed by atoms with Crippen LogP contribution in [0.5, 0.6) is 0 Å². The number of pyridine rings is 1. The van der Waals surface area contributed by atoms with E-state index < -0.39 is 0 Å². The van der Waals surface area contributed by atoms with E-state index in [9.17, 15) is 0 Å². The molecule has 0 aliphatic carbocycles. The molecule has 0 atom stereocenters. The van der Waals surface area contributed by atoms with E-state index >= 15 is 0 Å². The van der Waals surface area contributed by atoms with Crippen LogP contribution in [-0.4, -0.2) is 29.0 Å². The van der Waals surface area contributed by atoms with Crippen molar-refractivity contribution in [3.05, 3.63) is 42.2 Å². The van der Waals surface area contributed by atoms with Crippen LogP contribution in [0.2, 0.25) is 0 Å². The standard InChI is InChI=1S/C15H21N3/c1-12(2)18(10-8-16)11-15-14-6-4-3-5-13(14)7-9-17-15/h3-7,9,12H,8,10-11,16H2,1-2H3. The minimum atomic E-state index is 0.481. The Kier molecular flexibility index (Phi) is 4.28. The van der Waals surface area contributed by atoms with Gasteiger partial charge >= 0.3 is 0 Å². The van der Waals surface area contributed by atoms with Crippen molar-refractivity contribution in [3.63, 3.8) is 0 Å². The smallest absolute Gasteiger partial charge is 0.0622 e. The number of hydrogen-bond acceptors (Lipinski definition) is 3. The molecule has 0 fully saturated rings. The normalized spacial score (nSPS) is 11.6. The van der Waals surface area contributed by atoms with Crippen LogP contribution < -0.4 is 5.73 Å². The topological polar surface area (TPSA) is 42.1 Å². The number of fused-ring (bicyclic) bond motifs is 1. The van der Waals surface area contributed by atoms with Crippen LogP contribution in [0.4, 0.5) is 0 Å². The van der Waals surface area contributed by atoms with Crippen LogP contribution in [0, 0.1) is 0 Å². The van der Waals surface area contributed by atoms with E-state index in [0.717, 1.165) is 18.8 Å². The Balaban J connectivity index is 2.30. The predicted octanol–water partition coefficient (Wildman–Crippen LogP) is 2.40. The van der Waals surface area contributed by atoms with Gasteiger partial charge < -0.3 is 5.73 Å². The van der Waals surface area contributed by atoms with Gasteiger partial charge in [0.25, 0.3) is 0 Å². The van der Waals surface area contributed by atoms with Gasteiger partial charge in [0.15, 0.2) is 0 Å². The minimum Gasteiger partial charge on any atom is -0.329 e. The summed E-state index contributed by atoms with van der Waals surface area (Å²) >= 11 is 0. The molecule has 1 aromatic carbocycles. The Morgan fingerprint density at radius 2 is 2.00 bits per heavy atom. The fourth-order valence-corrected chi connectivity index (χ4v) is 2.19. The second-order valence-corrected chi connectivity index (χ2v) is 4.83. The molecule has 0 saturated heterocycles. The van der Waals surface area contributed by atoms with Crippen molar-refractivity contribution in [2.45, 2.75) is 26.4 Å². The number of nitrogens with two attached hydrogens (primary N) is 1. The highest BCUT2D eigenvalue weighted by atomic mass is 15.2. The van der Waals surface area contributed by atoms with Gasteiger partial charge in [-0.3, -0.25) is 9.88 Å². The molecular weight excluding hydrogens is 222 g/mol. The van der Waals surface area contributed by atoms with Gasteiger partial charge in [-0.25, -0.2) is 0 Å². The molecule has 2 N–H and O–H groups in total. The zero-order valence-corrected chi connectivity index (χ0v) is 11.1. The van der Waals surface area contributed by atoms with E-state index in [-0.39, 0.29) is 0 Å². The van der Waals surface area contributed by atoms with Crippen LogP contribution in [0.15, 0.2) is 36.5 Å². The van der Waals surface area contributed by atoms with Crippen LogP contribution in [0.3, 0.4) is 0 Å². The quantitative estimate of drug-likeness (QED) is 0.877. The molecule has 0 bridgehead atoms. The molecule has 3 heteroatoms. The summed E-state index contributed by atoms with van der Waals surface area (Å²) in [5.41, 5.74) is 6.81. The average Bonchev–Trinajstić information content (AvgIpc) is 2.38.